The minimum Gasteiger partial charge on any atom is -0.497 e. The average molecular weight is 313 g/mol. The number of benzene rings is 2. The van der Waals surface area contributed by atoms with Crippen LogP contribution in [-0.4, -0.2) is 20.1 Å². The van der Waals surface area contributed by atoms with Gasteiger partial charge in [-0.25, -0.2) is 0 Å². The molecule has 0 fully saturated rings. The van der Waals surface area contributed by atoms with Gasteiger partial charge in [-0.15, -0.1) is 0 Å². The molecule has 0 spiro atoms. The Morgan fingerprint density at radius 2 is 1.78 bits per heavy atom. The zero-order chi connectivity index (χ0) is 16.8. The number of rotatable bonds is 6. The van der Waals surface area contributed by atoms with Crippen molar-refractivity contribution in [2.45, 2.75) is 26.3 Å². The second-order valence-electron chi connectivity index (χ2n) is 5.56. The number of carbonyl (C=O) groups is 1. The third-order valence-corrected chi connectivity index (χ3v) is 3.77. The van der Waals surface area contributed by atoms with Crippen molar-refractivity contribution in [1.82, 2.24) is 5.32 Å². The molecule has 0 aliphatic rings. The predicted molar refractivity (Wildman–Crippen MR) is 91.0 cm³/mol. The van der Waals surface area contributed by atoms with Crippen LogP contribution in [-0.2, 0) is 11.2 Å². The summed E-state index contributed by atoms with van der Waals surface area (Å²) in [6.45, 7) is 3.96. The maximum Gasteiger partial charge on any atom is 0.224 e. The summed E-state index contributed by atoms with van der Waals surface area (Å²) < 4.78 is 10.6. The molecule has 0 unspecified atom stereocenters. The van der Waals surface area contributed by atoms with Crippen LogP contribution in [0.5, 0.6) is 11.5 Å². The summed E-state index contributed by atoms with van der Waals surface area (Å²) in [6.07, 6.45) is 0.358. The largest absolute Gasteiger partial charge is 0.497 e. The van der Waals surface area contributed by atoms with Gasteiger partial charge in [0.2, 0.25) is 5.91 Å². The van der Waals surface area contributed by atoms with Crippen molar-refractivity contribution in [3.63, 3.8) is 0 Å². The first-order valence-electron chi connectivity index (χ1n) is 7.60. The Bertz CT molecular complexity index is 665. The molecule has 1 atom stereocenters. The van der Waals surface area contributed by atoms with Gasteiger partial charge >= 0.3 is 0 Å². The van der Waals surface area contributed by atoms with E-state index in [2.05, 4.69) is 5.32 Å². The molecule has 1 N–H and O–H groups in total. The number of hydrogen-bond donors (Lipinski definition) is 1. The molecule has 1 amide bonds. The van der Waals surface area contributed by atoms with Crippen LogP contribution in [0.15, 0.2) is 42.5 Å². The van der Waals surface area contributed by atoms with E-state index in [0.717, 1.165) is 22.6 Å². The third-order valence-electron chi connectivity index (χ3n) is 3.77. The number of nitrogens with one attached hydrogen (secondary N) is 1. The molecule has 2 rings (SSSR count). The van der Waals surface area contributed by atoms with E-state index >= 15 is 0 Å². The summed E-state index contributed by atoms with van der Waals surface area (Å²) in [5.41, 5.74) is 3.07. The van der Waals surface area contributed by atoms with Gasteiger partial charge < -0.3 is 14.8 Å². The van der Waals surface area contributed by atoms with E-state index < -0.39 is 0 Å². The van der Waals surface area contributed by atoms with Gasteiger partial charge in [-0.1, -0.05) is 29.8 Å². The van der Waals surface area contributed by atoms with Crippen molar-refractivity contribution < 1.29 is 14.3 Å². The Morgan fingerprint density at radius 3 is 2.39 bits per heavy atom. The number of methoxy groups -OCH3 is 2. The Labute approximate surface area is 137 Å². The van der Waals surface area contributed by atoms with Gasteiger partial charge in [-0.05, 0) is 37.6 Å². The third kappa shape index (κ3) is 4.49. The van der Waals surface area contributed by atoms with Crippen LogP contribution >= 0.6 is 0 Å². The fourth-order valence-electron chi connectivity index (χ4n) is 2.44. The van der Waals surface area contributed by atoms with Crippen molar-refractivity contribution in [2.75, 3.05) is 14.2 Å². The first-order chi connectivity index (χ1) is 11.0. The summed E-state index contributed by atoms with van der Waals surface area (Å²) in [4.78, 5) is 12.3. The van der Waals surface area contributed by atoms with E-state index in [9.17, 15) is 4.79 Å². The van der Waals surface area contributed by atoms with Gasteiger partial charge in [-0.3, -0.25) is 4.79 Å². The Balaban J connectivity index is 2.07. The summed E-state index contributed by atoms with van der Waals surface area (Å²) >= 11 is 0. The van der Waals surface area contributed by atoms with Gasteiger partial charge in [0.05, 0.1) is 26.7 Å². The first kappa shape index (κ1) is 16.9. The van der Waals surface area contributed by atoms with E-state index in [-0.39, 0.29) is 11.9 Å². The molecule has 23 heavy (non-hydrogen) atoms. The monoisotopic (exact) mass is 313 g/mol. The number of amides is 1. The first-order valence-corrected chi connectivity index (χ1v) is 7.60. The predicted octanol–water partition coefficient (Wildman–Crippen LogP) is 3.43. The van der Waals surface area contributed by atoms with E-state index in [1.165, 1.54) is 5.56 Å². The SMILES string of the molecule is COc1ccc(OC)c([C@@H](C)NC(=O)Cc2ccc(C)cc2)c1. The lowest BCUT2D eigenvalue weighted by Crippen LogP contribution is -2.28. The van der Waals surface area contributed by atoms with Crippen LogP contribution in [0.4, 0.5) is 0 Å². The second kappa shape index (κ2) is 7.68. The molecule has 4 nitrogen and oxygen atoms in total. The molecular weight excluding hydrogens is 290 g/mol. The normalized spacial score (nSPS) is 11.7. The molecular formula is C19H23NO3. The lowest BCUT2D eigenvalue weighted by Gasteiger charge is -2.18. The highest BCUT2D eigenvalue weighted by molar-refractivity contribution is 5.79. The molecule has 0 aliphatic heterocycles. The average Bonchev–Trinajstić information content (AvgIpc) is 2.56. The maximum atomic E-state index is 12.3. The van der Waals surface area contributed by atoms with E-state index in [1.54, 1.807) is 14.2 Å². The Morgan fingerprint density at radius 1 is 1.09 bits per heavy atom. The number of hydrogen-bond acceptors (Lipinski definition) is 3. The molecule has 0 saturated carbocycles. The smallest absolute Gasteiger partial charge is 0.224 e. The molecule has 4 heteroatoms. The standard InChI is InChI=1S/C19H23NO3/c1-13-5-7-15(8-6-13)11-19(21)20-14(2)17-12-16(22-3)9-10-18(17)23-4/h5-10,12,14H,11H2,1-4H3,(H,20,21)/t14-/m1/s1. The van der Waals surface area contributed by atoms with Gasteiger partial charge in [0.15, 0.2) is 0 Å². The van der Waals surface area contributed by atoms with Gasteiger partial charge in [0, 0.05) is 5.56 Å². The second-order valence-corrected chi connectivity index (χ2v) is 5.56. The van der Waals surface area contributed by atoms with Crippen molar-refractivity contribution in [3.8, 4) is 11.5 Å². The lowest BCUT2D eigenvalue weighted by molar-refractivity contribution is -0.121. The van der Waals surface area contributed by atoms with E-state index in [4.69, 9.17) is 9.47 Å². The van der Waals surface area contributed by atoms with Crippen molar-refractivity contribution in [1.29, 1.82) is 0 Å². The van der Waals surface area contributed by atoms with Gasteiger partial charge in [0.1, 0.15) is 11.5 Å². The molecule has 0 bridgehead atoms. The molecule has 0 aliphatic carbocycles. The Kier molecular flexibility index (Phi) is 5.63. The van der Waals surface area contributed by atoms with Crippen LogP contribution in [0.2, 0.25) is 0 Å². The van der Waals surface area contributed by atoms with Crippen molar-refractivity contribution in [2.24, 2.45) is 0 Å². The highest BCUT2D eigenvalue weighted by Crippen LogP contribution is 2.29. The molecule has 0 aromatic heterocycles. The molecule has 2 aromatic carbocycles. The fraction of sp³-hybridized carbons (Fsp3) is 0.316. The molecule has 2 aromatic rings. The highest BCUT2D eigenvalue weighted by Gasteiger charge is 2.15. The lowest BCUT2D eigenvalue weighted by atomic mass is 10.1. The van der Waals surface area contributed by atoms with Crippen LogP contribution in [0.3, 0.4) is 0 Å². The van der Waals surface area contributed by atoms with Gasteiger partial charge in [0.25, 0.3) is 0 Å². The molecule has 0 radical (unpaired) electrons. The van der Waals surface area contributed by atoms with E-state index in [0.29, 0.717) is 6.42 Å². The minimum absolute atomic E-state index is 0.0220. The number of aryl methyl sites for hydroxylation is 1. The summed E-state index contributed by atoms with van der Waals surface area (Å²) in [5.74, 6) is 1.44. The quantitative estimate of drug-likeness (QED) is 0.889. The molecule has 0 heterocycles. The zero-order valence-corrected chi connectivity index (χ0v) is 14.1. The minimum atomic E-state index is -0.169. The summed E-state index contributed by atoms with van der Waals surface area (Å²) in [5, 5.41) is 3.01. The van der Waals surface area contributed by atoms with Gasteiger partial charge in [-0.2, -0.15) is 0 Å². The number of carbonyl (C=O) groups excluding carboxylic acids is 1. The van der Waals surface area contributed by atoms with Crippen LogP contribution in [0.1, 0.15) is 29.7 Å². The topological polar surface area (TPSA) is 47.6 Å². The molecule has 122 valence electrons. The van der Waals surface area contributed by atoms with Crippen LogP contribution in [0.25, 0.3) is 0 Å². The van der Waals surface area contributed by atoms with Crippen molar-refractivity contribution in [3.05, 3.63) is 59.2 Å². The number of ether oxygens (including phenoxy) is 2. The molecule has 0 saturated heterocycles. The highest BCUT2D eigenvalue weighted by atomic mass is 16.5. The van der Waals surface area contributed by atoms with E-state index in [1.807, 2.05) is 56.3 Å². The van der Waals surface area contributed by atoms with Crippen LogP contribution in [0, 0.1) is 6.92 Å². The zero-order valence-electron chi connectivity index (χ0n) is 14.1. The van der Waals surface area contributed by atoms with Crippen LogP contribution < -0.4 is 14.8 Å². The maximum absolute atomic E-state index is 12.3. The summed E-state index contributed by atoms with van der Waals surface area (Å²) in [6, 6.07) is 13.4. The fourth-order valence-corrected chi connectivity index (χ4v) is 2.44. The van der Waals surface area contributed by atoms with Crippen molar-refractivity contribution >= 4 is 5.91 Å². The Hall–Kier alpha value is -2.49. The summed E-state index contributed by atoms with van der Waals surface area (Å²) in [7, 11) is 3.23.